The summed E-state index contributed by atoms with van der Waals surface area (Å²) < 4.78 is 27.4. The monoisotopic (exact) mass is 511 g/mol. The van der Waals surface area contributed by atoms with Crippen LogP contribution in [0.4, 0.5) is 0 Å². The van der Waals surface area contributed by atoms with E-state index in [-0.39, 0.29) is 17.9 Å². The van der Waals surface area contributed by atoms with Gasteiger partial charge < -0.3 is 33.7 Å². The van der Waals surface area contributed by atoms with Crippen LogP contribution in [-0.2, 0) is 4.79 Å². The Kier molecular flexibility index (Phi) is 8.17. The number of carbonyl (C=O) groups excluding carboxylic acids is 1. The lowest BCUT2D eigenvalue weighted by Gasteiger charge is -2.52. The minimum atomic E-state index is -0.801. The topological polar surface area (TPSA) is 86.7 Å². The molecule has 4 rings (SSSR count). The summed E-state index contributed by atoms with van der Waals surface area (Å²) in [5.74, 6) is 2.62. The number of hydrogen-bond acceptors (Lipinski definition) is 7. The Bertz CT molecular complexity index is 1120. The van der Waals surface area contributed by atoms with E-state index in [0.717, 1.165) is 36.8 Å². The van der Waals surface area contributed by atoms with Crippen molar-refractivity contribution in [3.8, 4) is 28.7 Å². The van der Waals surface area contributed by atoms with Crippen molar-refractivity contribution in [3.63, 3.8) is 0 Å². The summed E-state index contributed by atoms with van der Waals surface area (Å²) in [6.45, 7) is 0.450. The number of rotatable bonds is 8. The van der Waals surface area contributed by atoms with Gasteiger partial charge in [0.2, 0.25) is 11.7 Å². The van der Waals surface area contributed by atoms with Crippen molar-refractivity contribution in [2.24, 2.45) is 5.92 Å². The maximum Gasteiger partial charge on any atom is 0.247 e. The minimum Gasteiger partial charge on any atom is -0.497 e. The normalized spacial score (nSPS) is 23.4. The van der Waals surface area contributed by atoms with Crippen molar-refractivity contribution in [2.45, 2.75) is 43.7 Å². The number of fused-ring (bicyclic) bond motifs is 1. The van der Waals surface area contributed by atoms with E-state index in [1.807, 2.05) is 23.1 Å². The molecule has 1 heterocycles. The lowest BCUT2D eigenvalue weighted by atomic mass is 9.66. The Morgan fingerprint density at radius 1 is 0.919 bits per heavy atom. The molecule has 2 aromatic carbocycles. The minimum absolute atomic E-state index is 0.0872. The van der Waals surface area contributed by atoms with Gasteiger partial charge in [0.05, 0.1) is 47.2 Å². The molecule has 1 aliphatic heterocycles. The second-order valence-electron chi connectivity index (χ2n) is 9.58. The van der Waals surface area contributed by atoms with Crippen molar-refractivity contribution >= 4 is 12.0 Å². The molecule has 1 saturated carbocycles. The van der Waals surface area contributed by atoms with Crippen LogP contribution in [0.3, 0.4) is 0 Å². The number of likely N-dealkylation sites (tertiary alicyclic amines) is 1. The highest BCUT2D eigenvalue weighted by molar-refractivity contribution is 5.92. The molecule has 2 unspecified atom stereocenters. The summed E-state index contributed by atoms with van der Waals surface area (Å²) in [5.41, 5.74) is 0.820. The average molecular weight is 512 g/mol. The van der Waals surface area contributed by atoms with Gasteiger partial charge in [-0.2, -0.15) is 0 Å². The van der Waals surface area contributed by atoms with Crippen molar-refractivity contribution in [2.75, 3.05) is 42.1 Å². The molecule has 0 bridgehead atoms. The van der Waals surface area contributed by atoms with E-state index in [0.29, 0.717) is 41.7 Å². The van der Waals surface area contributed by atoms with Crippen LogP contribution in [0.2, 0.25) is 0 Å². The third kappa shape index (κ3) is 5.21. The SMILES string of the molecule is COc1ccc([C@H]2C3CCCCC3(O)CCN2C(=O)C=Cc2cc(OC)c(OC)c(OC)c2)c(OC)c1. The largest absolute Gasteiger partial charge is 0.497 e. The van der Waals surface area contributed by atoms with Crippen LogP contribution < -0.4 is 23.7 Å². The number of amides is 1. The zero-order chi connectivity index (χ0) is 26.6. The molecule has 0 spiro atoms. The van der Waals surface area contributed by atoms with Gasteiger partial charge in [0.15, 0.2) is 11.5 Å². The first-order chi connectivity index (χ1) is 17.9. The van der Waals surface area contributed by atoms with Gasteiger partial charge in [-0.1, -0.05) is 12.8 Å². The van der Waals surface area contributed by atoms with E-state index < -0.39 is 5.60 Å². The fourth-order valence-corrected chi connectivity index (χ4v) is 5.84. The van der Waals surface area contributed by atoms with E-state index in [4.69, 9.17) is 23.7 Å². The van der Waals surface area contributed by atoms with Crippen molar-refractivity contribution < 1.29 is 33.6 Å². The molecule has 200 valence electrons. The summed E-state index contributed by atoms with van der Waals surface area (Å²) in [4.78, 5) is 15.6. The number of piperidine rings is 1. The van der Waals surface area contributed by atoms with E-state index in [9.17, 15) is 9.90 Å². The molecule has 1 aliphatic carbocycles. The summed E-state index contributed by atoms with van der Waals surface area (Å²) >= 11 is 0. The first-order valence-corrected chi connectivity index (χ1v) is 12.6. The number of carbonyl (C=O) groups is 1. The second-order valence-corrected chi connectivity index (χ2v) is 9.58. The quantitative estimate of drug-likeness (QED) is 0.517. The summed E-state index contributed by atoms with van der Waals surface area (Å²) in [7, 11) is 7.89. The number of ether oxygens (including phenoxy) is 5. The van der Waals surface area contributed by atoms with Crippen LogP contribution in [0.15, 0.2) is 36.4 Å². The predicted molar refractivity (Wildman–Crippen MR) is 141 cm³/mol. The van der Waals surface area contributed by atoms with E-state index >= 15 is 0 Å². The molecule has 1 N–H and O–H groups in total. The highest BCUT2D eigenvalue weighted by atomic mass is 16.5. The molecular weight excluding hydrogens is 474 g/mol. The van der Waals surface area contributed by atoms with Crippen molar-refractivity contribution in [1.82, 2.24) is 4.90 Å². The zero-order valence-electron chi connectivity index (χ0n) is 22.3. The highest BCUT2D eigenvalue weighted by Gasteiger charge is 2.50. The van der Waals surface area contributed by atoms with Crippen molar-refractivity contribution in [3.05, 3.63) is 47.5 Å². The third-order valence-electron chi connectivity index (χ3n) is 7.72. The molecule has 2 fully saturated rings. The lowest BCUT2D eigenvalue weighted by Crippen LogP contribution is -2.56. The number of methoxy groups -OCH3 is 5. The van der Waals surface area contributed by atoms with Gasteiger partial charge in [-0.15, -0.1) is 0 Å². The van der Waals surface area contributed by atoms with Crippen LogP contribution in [0, 0.1) is 5.92 Å². The van der Waals surface area contributed by atoms with E-state index in [1.54, 1.807) is 59.8 Å². The summed E-state index contributed by atoms with van der Waals surface area (Å²) in [5, 5.41) is 11.6. The Labute approximate surface area is 218 Å². The molecule has 8 heteroatoms. The van der Waals surface area contributed by atoms with Crippen LogP contribution in [0.1, 0.15) is 49.3 Å². The fraction of sp³-hybridized carbons (Fsp3) is 0.483. The first-order valence-electron chi connectivity index (χ1n) is 12.6. The molecule has 8 nitrogen and oxygen atoms in total. The van der Waals surface area contributed by atoms with Crippen LogP contribution in [0.25, 0.3) is 6.08 Å². The van der Waals surface area contributed by atoms with Gasteiger partial charge in [-0.3, -0.25) is 4.79 Å². The Morgan fingerprint density at radius 2 is 1.62 bits per heavy atom. The number of nitrogens with zero attached hydrogens (tertiary/aromatic N) is 1. The summed E-state index contributed by atoms with van der Waals surface area (Å²) in [6, 6.07) is 8.93. The maximum absolute atomic E-state index is 13.7. The van der Waals surface area contributed by atoms with Crippen molar-refractivity contribution in [1.29, 1.82) is 0 Å². The molecule has 1 amide bonds. The molecule has 0 radical (unpaired) electrons. The lowest BCUT2D eigenvalue weighted by molar-refractivity contribution is -0.151. The number of aliphatic hydroxyl groups is 1. The van der Waals surface area contributed by atoms with Crippen LogP contribution >= 0.6 is 0 Å². The highest BCUT2D eigenvalue weighted by Crippen LogP contribution is 2.51. The zero-order valence-corrected chi connectivity index (χ0v) is 22.3. The fourth-order valence-electron chi connectivity index (χ4n) is 5.84. The average Bonchev–Trinajstić information content (AvgIpc) is 2.93. The predicted octanol–water partition coefficient (Wildman–Crippen LogP) is 4.64. The Balaban J connectivity index is 1.70. The Hall–Kier alpha value is -3.39. The maximum atomic E-state index is 13.7. The first kappa shape index (κ1) is 26.7. The molecule has 1 saturated heterocycles. The number of benzene rings is 2. The third-order valence-corrected chi connectivity index (χ3v) is 7.72. The molecule has 2 aromatic rings. The molecule has 37 heavy (non-hydrogen) atoms. The molecule has 0 aromatic heterocycles. The second kappa shape index (κ2) is 11.3. The van der Waals surface area contributed by atoms with Crippen LogP contribution in [-0.4, -0.2) is 63.6 Å². The molecular formula is C29H37NO7. The van der Waals surface area contributed by atoms with Gasteiger partial charge in [0.1, 0.15) is 11.5 Å². The smallest absolute Gasteiger partial charge is 0.247 e. The Morgan fingerprint density at radius 3 is 2.24 bits per heavy atom. The van der Waals surface area contributed by atoms with Gasteiger partial charge in [0.25, 0.3) is 0 Å². The molecule has 3 atom stereocenters. The van der Waals surface area contributed by atoms with E-state index in [2.05, 4.69) is 0 Å². The van der Waals surface area contributed by atoms with Gasteiger partial charge in [-0.05, 0) is 55.2 Å². The standard InChI is InChI=1S/C29H37NO7/c1-33-20-10-11-21(23(18-20)34-2)27-22-8-6-7-13-29(22,32)14-15-30(27)26(31)12-9-19-16-24(35-3)28(37-5)25(17-19)36-4/h9-12,16-18,22,27,32H,6-8,13-15H2,1-5H3/t22?,27-,29?/m0/s1. The summed E-state index contributed by atoms with van der Waals surface area (Å²) in [6.07, 6.45) is 7.47. The number of hydrogen-bond donors (Lipinski definition) is 1. The van der Waals surface area contributed by atoms with Gasteiger partial charge in [0, 0.05) is 30.2 Å². The van der Waals surface area contributed by atoms with E-state index in [1.165, 1.54) is 0 Å². The van der Waals surface area contributed by atoms with Gasteiger partial charge >= 0.3 is 0 Å². The van der Waals surface area contributed by atoms with Crippen LogP contribution in [0.5, 0.6) is 28.7 Å². The van der Waals surface area contributed by atoms with Gasteiger partial charge in [-0.25, -0.2) is 0 Å². The molecule has 2 aliphatic rings.